The molecule has 0 aliphatic carbocycles. The third-order valence-corrected chi connectivity index (χ3v) is 2.73. The van der Waals surface area contributed by atoms with E-state index in [1.165, 1.54) is 19.2 Å². The van der Waals surface area contributed by atoms with Crippen LogP contribution in [0.2, 0.25) is 0 Å². The minimum absolute atomic E-state index is 0.0341. The number of H-pyrrole nitrogens is 2. The van der Waals surface area contributed by atoms with Crippen LogP contribution in [0.25, 0.3) is 11.3 Å². The first-order chi connectivity index (χ1) is 9.06. The van der Waals surface area contributed by atoms with Crippen molar-refractivity contribution in [2.24, 2.45) is 0 Å². The third-order valence-electron chi connectivity index (χ3n) is 2.52. The van der Waals surface area contributed by atoms with E-state index >= 15 is 0 Å². The van der Waals surface area contributed by atoms with Gasteiger partial charge in [0.05, 0.1) is 12.8 Å². The zero-order valence-electron chi connectivity index (χ0n) is 9.85. The van der Waals surface area contributed by atoms with Crippen molar-refractivity contribution in [3.63, 3.8) is 0 Å². The summed E-state index contributed by atoms with van der Waals surface area (Å²) < 4.78 is 5.10. The first kappa shape index (κ1) is 12.9. The van der Waals surface area contributed by atoms with Crippen molar-refractivity contribution in [3.05, 3.63) is 38.9 Å². The Morgan fingerprint density at radius 1 is 1.42 bits per heavy atom. The number of hydrogen-bond acceptors (Lipinski definition) is 5. The zero-order valence-corrected chi connectivity index (χ0v) is 10.7. The van der Waals surface area contributed by atoms with Gasteiger partial charge < -0.3 is 14.8 Å². The quantitative estimate of drug-likeness (QED) is 0.724. The fraction of sp³-hybridized carbons (Fsp3) is 0.0833. The lowest BCUT2D eigenvalue weighted by Gasteiger charge is -2.07. The maximum Gasteiger partial charge on any atom is 0.270 e. The Labute approximate surface area is 112 Å². The van der Waals surface area contributed by atoms with Gasteiger partial charge in [0.2, 0.25) is 0 Å². The fourth-order valence-electron chi connectivity index (χ4n) is 1.64. The predicted molar refractivity (Wildman–Crippen MR) is 70.6 cm³/mol. The summed E-state index contributed by atoms with van der Waals surface area (Å²) >= 11 is 4.88. The van der Waals surface area contributed by atoms with Crippen LogP contribution in [0, 0.1) is 16.1 Å². The van der Waals surface area contributed by atoms with Gasteiger partial charge in [0, 0.05) is 5.56 Å². The minimum Gasteiger partial charge on any atom is -0.504 e. The Balaban J connectivity index is 2.76. The highest BCUT2D eigenvalue weighted by atomic mass is 32.1. The Morgan fingerprint density at radius 3 is 2.79 bits per heavy atom. The molecule has 2 aromatic rings. The summed E-state index contributed by atoms with van der Waals surface area (Å²) in [6.45, 7) is 0. The number of phenolic OH excluding ortho intramolecular Hbond substituents is 1. The topological polar surface area (TPSA) is 102 Å². The first-order valence-electron chi connectivity index (χ1n) is 5.21. The molecule has 0 saturated heterocycles. The normalized spacial score (nSPS) is 9.89. The molecule has 19 heavy (non-hydrogen) atoms. The lowest BCUT2D eigenvalue weighted by atomic mass is 10.1. The van der Waals surface area contributed by atoms with Crippen molar-refractivity contribution in [3.8, 4) is 28.8 Å². The van der Waals surface area contributed by atoms with Crippen LogP contribution < -0.4 is 10.3 Å². The third kappa shape index (κ3) is 2.34. The van der Waals surface area contributed by atoms with E-state index in [0.29, 0.717) is 5.56 Å². The highest BCUT2D eigenvalue weighted by molar-refractivity contribution is 7.71. The SMILES string of the molecule is COc1cc(-c2[nH]c(=S)[nH]c(=O)c2C#N)ccc1O. The van der Waals surface area contributed by atoms with Gasteiger partial charge >= 0.3 is 0 Å². The van der Waals surface area contributed by atoms with Gasteiger partial charge in [0.15, 0.2) is 16.3 Å². The summed E-state index contributed by atoms with van der Waals surface area (Å²) in [5.41, 5.74) is 0.160. The summed E-state index contributed by atoms with van der Waals surface area (Å²) in [6.07, 6.45) is 0. The lowest BCUT2D eigenvalue weighted by Crippen LogP contribution is -2.13. The number of aromatic hydroxyl groups is 1. The lowest BCUT2D eigenvalue weighted by molar-refractivity contribution is 0.373. The number of phenols is 1. The van der Waals surface area contributed by atoms with E-state index in [1.54, 1.807) is 6.07 Å². The molecule has 0 spiro atoms. The van der Waals surface area contributed by atoms with Crippen LogP contribution >= 0.6 is 12.2 Å². The Morgan fingerprint density at radius 2 is 2.16 bits per heavy atom. The largest absolute Gasteiger partial charge is 0.504 e. The number of nitrogens with zero attached hydrogens (tertiary/aromatic N) is 1. The summed E-state index contributed by atoms with van der Waals surface area (Å²) in [5.74, 6) is 0.203. The van der Waals surface area contributed by atoms with Gasteiger partial charge in [0.25, 0.3) is 5.56 Å². The molecular formula is C12H9N3O3S. The number of nitrogens with one attached hydrogen (secondary N) is 2. The van der Waals surface area contributed by atoms with E-state index in [9.17, 15) is 9.90 Å². The van der Waals surface area contributed by atoms with E-state index in [4.69, 9.17) is 22.2 Å². The average Bonchev–Trinajstić information content (AvgIpc) is 2.38. The Hall–Kier alpha value is -2.59. The molecule has 0 bridgehead atoms. The van der Waals surface area contributed by atoms with Gasteiger partial charge in [0.1, 0.15) is 11.6 Å². The highest BCUT2D eigenvalue weighted by Crippen LogP contribution is 2.31. The van der Waals surface area contributed by atoms with E-state index in [2.05, 4.69) is 9.97 Å². The van der Waals surface area contributed by atoms with Gasteiger partial charge in [-0.3, -0.25) is 9.78 Å². The maximum absolute atomic E-state index is 11.6. The zero-order chi connectivity index (χ0) is 14.0. The second-order valence-corrected chi connectivity index (χ2v) is 4.06. The number of methoxy groups -OCH3 is 1. The van der Waals surface area contributed by atoms with Crippen LogP contribution in [-0.4, -0.2) is 22.2 Å². The van der Waals surface area contributed by atoms with Gasteiger partial charge in [-0.1, -0.05) is 0 Å². The molecule has 0 saturated carbocycles. The number of benzene rings is 1. The van der Waals surface area contributed by atoms with Crippen molar-refractivity contribution >= 4 is 12.2 Å². The fourth-order valence-corrected chi connectivity index (χ4v) is 1.84. The first-order valence-corrected chi connectivity index (χ1v) is 5.61. The van der Waals surface area contributed by atoms with Crippen LogP contribution in [0.4, 0.5) is 0 Å². The number of aromatic amines is 2. The molecule has 0 amide bonds. The van der Waals surface area contributed by atoms with Crippen LogP contribution in [0.1, 0.15) is 5.56 Å². The van der Waals surface area contributed by atoms with E-state index in [0.717, 1.165) is 0 Å². The maximum atomic E-state index is 11.6. The number of ether oxygens (including phenoxy) is 1. The van der Waals surface area contributed by atoms with Crippen LogP contribution in [0.3, 0.4) is 0 Å². The molecule has 3 N–H and O–H groups in total. The predicted octanol–water partition coefficient (Wildman–Crippen LogP) is 1.69. The van der Waals surface area contributed by atoms with Gasteiger partial charge in [-0.25, -0.2) is 0 Å². The second-order valence-electron chi connectivity index (χ2n) is 3.66. The molecule has 1 heterocycles. The van der Waals surface area contributed by atoms with Crippen LogP contribution in [0.15, 0.2) is 23.0 Å². The summed E-state index contributed by atoms with van der Waals surface area (Å²) in [7, 11) is 1.41. The summed E-state index contributed by atoms with van der Waals surface area (Å²) in [4.78, 5) is 16.7. The van der Waals surface area contributed by atoms with Crippen molar-refractivity contribution in [2.45, 2.75) is 0 Å². The van der Waals surface area contributed by atoms with Crippen molar-refractivity contribution in [1.29, 1.82) is 5.26 Å². The number of aromatic nitrogens is 2. The van der Waals surface area contributed by atoms with Gasteiger partial charge in [-0.2, -0.15) is 5.26 Å². The molecule has 2 rings (SSSR count). The molecule has 0 fully saturated rings. The minimum atomic E-state index is -0.562. The van der Waals surface area contributed by atoms with Crippen LogP contribution in [-0.2, 0) is 0 Å². The summed E-state index contributed by atoms with van der Waals surface area (Å²) in [5, 5.41) is 18.6. The number of rotatable bonds is 2. The molecular weight excluding hydrogens is 266 g/mol. The van der Waals surface area contributed by atoms with E-state index in [-0.39, 0.29) is 27.5 Å². The van der Waals surface area contributed by atoms with Gasteiger partial charge in [-0.05, 0) is 30.4 Å². The molecule has 1 aromatic heterocycles. The standard InChI is InChI=1S/C12H9N3O3S/c1-18-9-4-6(2-3-8(9)16)10-7(5-13)11(17)15-12(19)14-10/h2-4,16H,1H3,(H2,14,15,17,19). The Bertz CT molecular complexity index is 786. The molecule has 0 aliphatic heterocycles. The molecule has 0 unspecified atom stereocenters. The molecule has 96 valence electrons. The molecule has 0 aliphatic rings. The number of hydrogen-bond donors (Lipinski definition) is 3. The smallest absolute Gasteiger partial charge is 0.270 e. The highest BCUT2D eigenvalue weighted by Gasteiger charge is 2.12. The summed E-state index contributed by atoms with van der Waals surface area (Å²) in [6, 6.07) is 6.29. The van der Waals surface area contributed by atoms with Gasteiger partial charge in [-0.15, -0.1) is 0 Å². The molecule has 0 atom stereocenters. The molecule has 6 nitrogen and oxygen atoms in total. The molecule has 7 heteroatoms. The monoisotopic (exact) mass is 275 g/mol. The average molecular weight is 275 g/mol. The molecule has 0 radical (unpaired) electrons. The Kier molecular flexibility index (Phi) is 3.35. The van der Waals surface area contributed by atoms with Crippen molar-refractivity contribution in [1.82, 2.24) is 9.97 Å². The van der Waals surface area contributed by atoms with Crippen molar-refractivity contribution < 1.29 is 9.84 Å². The van der Waals surface area contributed by atoms with E-state index in [1.807, 2.05) is 6.07 Å². The molecule has 1 aromatic carbocycles. The van der Waals surface area contributed by atoms with Crippen molar-refractivity contribution in [2.75, 3.05) is 7.11 Å². The second kappa shape index (κ2) is 4.96. The van der Waals surface area contributed by atoms with E-state index < -0.39 is 5.56 Å². The van der Waals surface area contributed by atoms with Crippen LogP contribution in [0.5, 0.6) is 11.5 Å². The number of nitriles is 1.